The number of aromatic amines is 1. The Kier molecular flexibility index (Phi) is 1.76. The van der Waals surface area contributed by atoms with E-state index < -0.39 is 4.92 Å². The molecule has 17 heavy (non-hydrogen) atoms. The van der Waals surface area contributed by atoms with E-state index in [-0.39, 0.29) is 16.9 Å². The molecular formula is C10H6N4O3. The summed E-state index contributed by atoms with van der Waals surface area (Å²) in [5.41, 5.74) is 0.916. The summed E-state index contributed by atoms with van der Waals surface area (Å²) in [6.45, 7) is 0. The molecule has 2 heterocycles. The van der Waals surface area contributed by atoms with Gasteiger partial charge in [0, 0.05) is 24.5 Å². The molecule has 0 unspecified atom stereocenters. The first-order chi connectivity index (χ1) is 8.16. The minimum Gasteiger partial charge on any atom is -0.317 e. The van der Waals surface area contributed by atoms with Gasteiger partial charge in [-0.25, -0.2) is 4.98 Å². The van der Waals surface area contributed by atoms with E-state index in [1.165, 1.54) is 18.3 Å². The van der Waals surface area contributed by atoms with Crippen LogP contribution >= 0.6 is 0 Å². The maximum atomic E-state index is 11.6. The number of hydrogen-bond donors (Lipinski definition) is 1. The number of non-ortho nitro benzene ring substituents is 1. The summed E-state index contributed by atoms with van der Waals surface area (Å²) in [6, 6.07) is 4.30. The standard InChI is InChI=1S/C10H6N4O3/c15-10-9-11-3-4-13(9)8-2-1-6(14(16)17)5-7(8)12-10/h1-5H,(H,12,15). The fraction of sp³-hybridized carbons (Fsp3) is 0. The lowest BCUT2D eigenvalue weighted by atomic mass is 10.2. The minimum absolute atomic E-state index is 0.0624. The monoisotopic (exact) mass is 230 g/mol. The van der Waals surface area contributed by atoms with Gasteiger partial charge in [-0.15, -0.1) is 0 Å². The molecular weight excluding hydrogens is 224 g/mol. The molecule has 2 aromatic heterocycles. The van der Waals surface area contributed by atoms with Crippen molar-refractivity contribution in [3.05, 3.63) is 51.1 Å². The third-order valence-corrected chi connectivity index (χ3v) is 2.54. The number of nitro benzene ring substituents is 1. The molecule has 0 saturated carbocycles. The summed E-state index contributed by atoms with van der Waals surface area (Å²) in [5.74, 6) is 0. The number of imidazole rings is 1. The molecule has 84 valence electrons. The van der Waals surface area contributed by atoms with E-state index in [4.69, 9.17) is 0 Å². The van der Waals surface area contributed by atoms with Crippen LogP contribution in [0.5, 0.6) is 0 Å². The molecule has 0 spiro atoms. The zero-order valence-corrected chi connectivity index (χ0v) is 8.45. The van der Waals surface area contributed by atoms with Gasteiger partial charge in [-0.1, -0.05) is 0 Å². The lowest BCUT2D eigenvalue weighted by Gasteiger charge is -2.01. The fourth-order valence-corrected chi connectivity index (χ4v) is 1.79. The third kappa shape index (κ3) is 1.29. The van der Waals surface area contributed by atoms with Crippen molar-refractivity contribution in [3.63, 3.8) is 0 Å². The highest BCUT2D eigenvalue weighted by molar-refractivity contribution is 5.79. The molecule has 7 nitrogen and oxygen atoms in total. The van der Waals surface area contributed by atoms with Crippen molar-refractivity contribution in [1.82, 2.24) is 14.4 Å². The normalized spacial score (nSPS) is 11.1. The molecule has 0 aliphatic carbocycles. The Bertz CT molecular complexity index is 802. The van der Waals surface area contributed by atoms with E-state index in [0.717, 1.165) is 0 Å². The Morgan fingerprint density at radius 1 is 1.41 bits per heavy atom. The zero-order chi connectivity index (χ0) is 12.0. The summed E-state index contributed by atoms with van der Waals surface area (Å²) in [7, 11) is 0. The second-order valence-electron chi connectivity index (χ2n) is 3.53. The van der Waals surface area contributed by atoms with Crippen molar-refractivity contribution in [2.24, 2.45) is 0 Å². The van der Waals surface area contributed by atoms with Crippen LogP contribution in [-0.2, 0) is 0 Å². The number of nitrogens with zero attached hydrogens (tertiary/aromatic N) is 3. The van der Waals surface area contributed by atoms with Gasteiger partial charge in [0.25, 0.3) is 11.2 Å². The predicted octanol–water partition coefficient (Wildman–Crippen LogP) is 1.08. The summed E-state index contributed by atoms with van der Waals surface area (Å²) in [5, 5.41) is 10.6. The molecule has 1 N–H and O–H groups in total. The molecule has 0 aliphatic heterocycles. The highest BCUT2D eigenvalue weighted by Crippen LogP contribution is 2.18. The van der Waals surface area contributed by atoms with Crippen LogP contribution in [0.3, 0.4) is 0 Å². The Hall–Kier alpha value is -2.70. The zero-order valence-electron chi connectivity index (χ0n) is 8.45. The number of nitrogens with one attached hydrogen (secondary N) is 1. The number of benzene rings is 1. The first-order valence-electron chi connectivity index (χ1n) is 4.80. The summed E-state index contributed by atoms with van der Waals surface area (Å²) < 4.78 is 1.60. The summed E-state index contributed by atoms with van der Waals surface area (Å²) in [6.07, 6.45) is 3.14. The molecule has 0 amide bonds. The second-order valence-corrected chi connectivity index (χ2v) is 3.53. The van der Waals surface area contributed by atoms with Crippen LogP contribution in [-0.4, -0.2) is 19.3 Å². The van der Waals surface area contributed by atoms with Gasteiger partial charge in [-0.05, 0) is 6.07 Å². The number of rotatable bonds is 1. The Balaban J connectivity index is 2.50. The molecule has 7 heteroatoms. The van der Waals surface area contributed by atoms with E-state index in [9.17, 15) is 14.9 Å². The van der Waals surface area contributed by atoms with E-state index >= 15 is 0 Å². The highest BCUT2D eigenvalue weighted by atomic mass is 16.6. The SMILES string of the molecule is O=c1[nH]c2cc([N+](=O)[O-])ccc2n2ccnc12. The number of H-pyrrole nitrogens is 1. The van der Waals surface area contributed by atoms with Crippen molar-refractivity contribution in [3.8, 4) is 0 Å². The van der Waals surface area contributed by atoms with E-state index in [1.54, 1.807) is 16.7 Å². The van der Waals surface area contributed by atoms with Gasteiger partial charge in [0.1, 0.15) is 0 Å². The quantitative estimate of drug-likeness (QED) is 0.500. The molecule has 0 aliphatic rings. The largest absolute Gasteiger partial charge is 0.317 e. The van der Waals surface area contributed by atoms with Crippen molar-refractivity contribution in [1.29, 1.82) is 0 Å². The van der Waals surface area contributed by atoms with Gasteiger partial charge in [-0.3, -0.25) is 19.3 Å². The first kappa shape index (κ1) is 9.52. The van der Waals surface area contributed by atoms with Crippen LogP contribution in [0.4, 0.5) is 5.69 Å². The average Bonchev–Trinajstić information content (AvgIpc) is 2.78. The Morgan fingerprint density at radius 3 is 3.00 bits per heavy atom. The van der Waals surface area contributed by atoms with E-state index in [2.05, 4.69) is 9.97 Å². The van der Waals surface area contributed by atoms with Gasteiger partial charge in [0.2, 0.25) is 5.65 Å². The summed E-state index contributed by atoms with van der Waals surface area (Å²) in [4.78, 5) is 28.2. The smallest absolute Gasteiger partial charge is 0.292 e. The Morgan fingerprint density at radius 2 is 2.24 bits per heavy atom. The maximum absolute atomic E-state index is 11.6. The van der Waals surface area contributed by atoms with E-state index in [1.807, 2.05) is 0 Å². The van der Waals surface area contributed by atoms with Crippen molar-refractivity contribution in [2.45, 2.75) is 0 Å². The second kappa shape index (κ2) is 3.14. The van der Waals surface area contributed by atoms with Crippen LogP contribution in [0.1, 0.15) is 0 Å². The van der Waals surface area contributed by atoms with Gasteiger partial charge in [0.15, 0.2) is 0 Å². The van der Waals surface area contributed by atoms with Gasteiger partial charge in [0.05, 0.1) is 16.0 Å². The fourth-order valence-electron chi connectivity index (χ4n) is 1.79. The van der Waals surface area contributed by atoms with Gasteiger partial charge >= 0.3 is 0 Å². The van der Waals surface area contributed by atoms with Crippen molar-refractivity contribution >= 4 is 22.4 Å². The number of aromatic nitrogens is 3. The van der Waals surface area contributed by atoms with Crippen molar-refractivity contribution < 1.29 is 4.92 Å². The molecule has 0 radical (unpaired) electrons. The Labute approximate surface area is 93.5 Å². The number of nitro groups is 1. The molecule has 3 aromatic rings. The van der Waals surface area contributed by atoms with Crippen LogP contribution in [0.25, 0.3) is 16.7 Å². The average molecular weight is 230 g/mol. The van der Waals surface area contributed by atoms with Gasteiger partial charge < -0.3 is 4.98 Å². The molecule has 3 rings (SSSR count). The topological polar surface area (TPSA) is 93.3 Å². The van der Waals surface area contributed by atoms with E-state index in [0.29, 0.717) is 11.0 Å². The predicted molar refractivity (Wildman–Crippen MR) is 60.0 cm³/mol. The minimum atomic E-state index is -0.504. The molecule has 0 saturated heterocycles. The molecule has 0 bridgehead atoms. The maximum Gasteiger partial charge on any atom is 0.292 e. The lowest BCUT2D eigenvalue weighted by molar-refractivity contribution is -0.384. The third-order valence-electron chi connectivity index (χ3n) is 2.54. The van der Waals surface area contributed by atoms with Crippen LogP contribution in [0.2, 0.25) is 0 Å². The highest BCUT2D eigenvalue weighted by Gasteiger charge is 2.10. The summed E-state index contributed by atoms with van der Waals surface area (Å²) >= 11 is 0. The van der Waals surface area contributed by atoms with Gasteiger partial charge in [-0.2, -0.15) is 0 Å². The number of fused-ring (bicyclic) bond motifs is 3. The van der Waals surface area contributed by atoms with Crippen LogP contribution < -0.4 is 5.56 Å². The first-order valence-corrected chi connectivity index (χ1v) is 4.80. The molecule has 1 aromatic carbocycles. The number of hydrogen-bond acceptors (Lipinski definition) is 4. The van der Waals surface area contributed by atoms with Crippen molar-refractivity contribution in [2.75, 3.05) is 0 Å². The van der Waals surface area contributed by atoms with Crippen LogP contribution in [0, 0.1) is 10.1 Å². The lowest BCUT2D eigenvalue weighted by Crippen LogP contribution is -2.10. The molecule has 0 fully saturated rings. The molecule has 0 atom stereocenters. The van der Waals surface area contributed by atoms with Crippen LogP contribution in [0.15, 0.2) is 35.4 Å².